The van der Waals surface area contributed by atoms with Crippen molar-refractivity contribution in [1.29, 1.82) is 5.26 Å². The number of carbonyl (C=O) groups is 3. The first kappa shape index (κ1) is 26.1. The fourth-order valence-electron chi connectivity index (χ4n) is 4.10. The largest absolute Gasteiger partial charge is 0.462 e. The molecule has 3 rings (SSSR count). The minimum atomic E-state index is -1.50. The van der Waals surface area contributed by atoms with E-state index in [2.05, 4.69) is 10.4 Å². The molecular weight excluding hydrogens is 470 g/mol. The molecule has 1 N–H and O–H groups in total. The normalized spacial score (nSPS) is 16.3. The van der Waals surface area contributed by atoms with Gasteiger partial charge in [0, 0.05) is 37.4 Å². The molecule has 0 radical (unpaired) electrons. The van der Waals surface area contributed by atoms with Gasteiger partial charge in [0.2, 0.25) is 5.91 Å². The maximum atomic E-state index is 12.8. The van der Waals surface area contributed by atoms with Crippen molar-refractivity contribution >= 4 is 28.6 Å². The molecule has 11 heteroatoms. The van der Waals surface area contributed by atoms with Crippen LogP contribution in [0.1, 0.15) is 58.2 Å². The summed E-state index contributed by atoms with van der Waals surface area (Å²) in [7, 11) is -1.50. The van der Waals surface area contributed by atoms with E-state index < -0.39 is 16.8 Å². The van der Waals surface area contributed by atoms with Crippen LogP contribution in [-0.4, -0.2) is 68.7 Å². The van der Waals surface area contributed by atoms with E-state index in [1.165, 1.54) is 10.9 Å². The minimum absolute atomic E-state index is 0.0770. The Kier molecular flexibility index (Phi) is 8.76. The summed E-state index contributed by atoms with van der Waals surface area (Å²) < 4.78 is 18.8. The standard InChI is InChI=1S/C24H29N5O5S/c1-4-34-24(32)21-16(2)27-29(23(21)35(3)33)13-11-20(30)26-19-6-5-12-28(15-19)22(31)18-9-7-17(14-25)8-10-18/h7-10,19H,4-6,11-13,15H2,1-3H3,(H,26,30)/t19-,35?/m0/s1. The number of aryl methyl sites for hydroxylation is 2. The molecule has 1 unspecified atom stereocenters. The van der Waals surface area contributed by atoms with Crippen LogP contribution in [0.25, 0.3) is 0 Å². The van der Waals surface area contributed by atoms with Crippen LogP contribution in [0.2, 0.25) is 0 Å². The van der Waals surface area contributed by atoms with E-state index in [-0.39, 0.29) is 48.0 Å². The van der Waals surface area contributed by atoms with Crippen molar-refractivity contribution in [3.8, 4) is 6.07 Å². The molecule has 0 aliphatic carbocycles. The summed E-state index contributed by atoms with van der Waals surface area (Å²) in [4.78, 5) is 39.5. The lowest BCUT2D eigenvalue weighted by Gasteiger charge is -2.33. The highest BCUT2D eigenvalue weighted by Crippen LogP contribution is 2.20. The van der Waals surface area contributed by atoms with Crippen molar-refractivity contribution in [2.45, 2.75) is 50.7 Å². The number of carbonyl (C=O) groups excluding carboxylic acids is 3. The first-order valence-electron chi connectivity index (χ1n) is 11.4. The van der Waals surface area contributed by atoms with E-state index in [0.717, 1.165) is 12.8 Å². The monoisotopic (exact) mass is 499 g/mol. The van der Waals surface area contributed by atoms with Gasteiger partial charge >= 0.3 is 5.97 Å². The van der Waals surface area contributed by atoms with Gasteiger partial charge in [0.25, 0.3) is 5.91 Å². The Morgan fingerprint density at radius 2 is 2.00 bits per heavy atom. The minimum Gasteiger partial charge on any atom is -0.462 e. The molecule has 1 saturated heterocycles. The molecule has 0 spiro atoms. The number of piperidine rings is 1. The number of esters is 1. The number of nitrogens with one attached hydrogen (secondary N) is 1. The highest BCUT2D eigenvalue weighted by atomic mass is 32.2. The van der Waals surface area contributed by atoms with Crippen LogP contribution in [-0.2, 0) is 26.9 Å². The number of benzene rings is 1. The average Bonchev–Trinajstić information content (AvgIpc) is 3.19. The van der Waals surface area contributed by atoms with Crippen molar-refractivity contribution in [2.75, 3.05) is 26.0 Å². The zero-order chi connectivity index (χ0) is 25.5. The lowest BCUT2D eigenvalue weighted by atomic mass is 10.0. The highest BCUT2D eigenvalue weighted by molar-refractivity contribution is 7.84. The Hall–Kier alpha value is -3.52. The Morgan fingerprint density at radius 3 is 2.63 bits per heavy atom. The van der Waals surface area contributed by atoms with E-state index in [1.54, 1.807) is 43.0 Å². The second-order valence-corrected chi connectivity index (χ2v) is 9.56. The summed E-state index contributed by atoms with van der Waals surface area (Å²) in [6, 6.07) is 8.33. The van der Waals surface area contributed by atoms with Crippen molar-refractivity contribution in [1.82, 2.24) is 20.0 Å². The average molecular weight is 500 g/mol. The molecule has 1 aliphatic rings. The van der Waals surface area contributed by atoms with E-state index >= 15 is 0 Å². The molecule has 1 aromatic heterocycles. The summed E-state index contributed by atoms with van der Waals surface area (Å²) >= 11 is 0. The maximum Gasteiger partial charge on any atom is 0.342 e. The van der Waals surface area contributed by atoms with Crippen LogP contribution in [0, 0.1) is 18.3 Å². The summed E-state index contributed by atoms with van der Waals surface area (Å²) in [6.45, 7) is 4.66. The van der Waals surface area contributed by atoms with Gasteiger partial charge in [-0.2, -0.15) is 10.4 Å². The number of amides is 2. The van der Waals surface area contributed by atoms with Gasteiger partial charge in [0.1, 0.15) is 10.6 Å². The molecule has 186 valence electrons. The van der Waals surface area contributed by atoms with Crippen LogP contribution >= 0.6 is 0 Å². The number of likely N-dealkylation sites (tertiary alicyclic amines) is 1. The van der Waals surface area contributed by atoms with Crippen LogP contribution in [0.4, 0.5) is 0 Å². The van der Waals surface area contributed by atoms with Crippen molar-refractivity contribution in [2.24, 2.45) is 0 Å². The Bertz CT molecular complexity index is 1170. The number of hydrogen-bond donors (Lipinski definition) is 1. The van der Waals surface area contributed by atoms with Crippen LogP contribution < -0.4 is 5.32 Å². The number of rotatable bonds is 8. The zero-order valence-electron chi connectivity index (χ0n) is 20.1. The molecule has 1 aliphatic heterocycles. The molecule has 1 fully saturated rings. The molecule has 2 heterocycles. The Balaban J connectivity index is 1.60. The SMILES string of the molecule is CCOC(=O)c1c(C)nn(CCC(=O)N[C@H]2CCCN(C(=O)c3ccc(C#N)cc3)C2)c1S(C)=O. The third-order valence-electron chi connectivity index (χ3n) is 5.72. The molecule has 0 saturated carbocycles. The maximum absolute atomic E-state index is 12.8. The highest BCUT2D eigenvalue weighted by Gasteiger charge is 2.27. The van der Waals surface area contributed by atoms with E-state index in [9.17, 15) is 18.6 Å². The van der Waals surface area contributed by atoms with Crippen molar-refractivity contribution < 1.29 is 23.3 Å². The number of hydrogen-bond acceptors (Lipinski definition) is 7. The fraction of sp³-hybridized carbons (Fsp3) is 0.458. The van der Waals surface area contributed by atoms with Gasteiger partial charge in [-0.15, -0.1) is 0 Å². The quantitative estimate of drug-likeness (QED) is 0.547. The number of ether oxygens (including phenoxy) is 1. The third kappa shape index (κ3) is 6.33. The third-order valence-corrected chi connectivity index (χ3v) is 6.68. The van der Waals surface area contributed by atoms with Gasteiger partial charge in [0.15, 0.2) is 0 Å². The predicted molar refractivity (Wildman–Crippen MR) is 128 cm³/mol. The first-order valence-corrected chi connectivity index (χ1v) is 13.0. The molecule has 2 atom stereocenters. The van der Waals surface area contributed by atoms with E-state index in [0.29, 0.717) is 29.9 Å². The molecule has 0 bridgehead atoms. The number of aromatic nitrogens is 2. The number of nitriles is 1. The summed E-state index contributed by atoms with van der Waals surface area (Å²) in [5.74, 6) is -0.941. The van der Waals surface area contributed by atoms with Gasteiger partial charge < -0.3 is 15.0 Å². The van der Waals surface area contributed by atoms with Gasteiger partial charge in [-0.1, -0.05) is 0 Å². The van der Waals surface area contributed by atoms with Crippen LogP contribution in [0.3, 0.4) is 0 Å². The van der Waals surface area contributed by atoms with Crippen molar-refractivity contribution in [3.63, 3.8) is 0 Å². The zero-order valence-corrected chi connectivity index (χ0v) is 20.9. The van der Waals surface area contributed by atoms with E-state index in [4.69, 9.17) is 10.00 Å². The lowest BCUT2D eigenvalue weighted by Crippen LogP contribution is -2.49. The van der Waals surface area contributed by atoms with Gasteiger partial charge in [0.05, 0.1) is 41.3 Å². The molecular formula is C24H29N5O5S. The van der Waals surface area contributed by atoms with Gasteiger partial charge in [-0.05, 0) is 51.0 Å². The Morgan fingerprint density at radius 1 is 1.29 bits per heavy atom. The van der Waals surface area contributed by atoms with E-state index in [1.807, 2.05) is 6.07 Å². The van der Waals surface area contributed by atoms with Gasteiger partial charge in [-0.25, -0.2) is 4.79 Å². The predicted octanol–water partition coefficient (Wildman–Crippen LogP) is 1.79. The summed E-state index contributed by atoms with van der Waals surface area (Å²) in [6.07, 6.45) is 3.04. The molecule has 2 amide bonds. The molecule has 10 nitrogen and oxygen atoms in total. The molecule has 2 aromatic rings. The van der Waals surface area contributed by atoms with Crippen molar-refractivity contribution in [3.05, 3.63) is 46.6 Å². The topological polar surface area (TPSA) is 134 Å². The smallest absolute Gasteiger partial charge is 0.342 e. The fourth-order valence-corrected chi connectivity index (χ4v) is 5.05. The molecule has 1 aromatic carbocycles. The number of nitrogens with zero attached hydrogens (tertiary/aromatic N) is 4. The van der Waals surface area contributed by atoms with Gasteiger partial charge in [-0.3, -0.25) is 18.5 Å². The van der Waals surface area contributed by atoms with Crippen LogP contribution in [0.15, 0.2) is 29.3 Å². The lowest BCUT2D eigenvalue weighted by molar-refractivity contribution is -0.122. The summed E-state index contributed by atoms with van der Waals surface area (Å²) in [5, 5.41) is 16.4. The Labute approximate surface area is 206 Å². The summed E-state index contributed by atoms with van der Waals surface area (Å²) in [5.41, 5.74) is 1.57. The van der Waals surface area contributed by atoms with Crippen LogP contribution in [0.5, 0.6) is 0 Å². The first-order chi connectivity index (χ1) is 16.7. The second kappa shape index (κ2) is 11.8. The molecule has 35 heavy (non-hydrogen) atoms. The second-order valence-electron chi connectivity index (χ2n) is 8.26.